The van der Waals surface area contributed by atoms with Crippen LogP contribution in [0.3, 0.4) is 0 Å². The lowest BCUT2D eigenvalue weighted by Crippen LogP contribution is -2.42. The van der Waals surface area contributed by atoms with E-state index in [9.17, 15) is 0 Å². The van der Waals surface area contributed by atoms with Crippen LogP contribution in [0.5, 0.6) is 0 Å². The van der Waals surface area contributed by atoms with Gasteiger partial charge >= 0.3 is 0 Å². The van der Waals surface area contributed by atoms with Gasteiger partial charge in [-0.3, -0.25) is 0 Å². The van der Waals surface area contributed by atoms with Crippen LogP contribution in [0, 0.1) is 5.41 Å². The van der Waals surface area contributed by atoms with Gasteiger partial charge in [-0.25, -0.2) is 0 Å². The first-order valence-electron chi connectivity index (χ1n) is 5.37. The molecule has 2 N–H and O–H groups in total. The van der Waals surface area contributed by atoms with Gasteiger partial charge in [0.2, 0.25) is 0 Å². The molecule has 0 aliphatic heterocycles. The van der Waals surface area contributed by atoms with E-state index in [-0.39, 0.29) is 12.0 Å². The average molecular weight is 219 g/mol. The van der Waals surface area contributed by atoms with Crippen LogP contribution >= 0.6 is 11.8 Å². The summed E-state index contributed by atoms with van der Waals surface area (Å²) in [6.07, 6.45) is 0. The minimum atomic E-state index is 0.271. The Morgan fingerprint density at radius 3 is 2.29 bits per heavy atom. The first-order valence-corrected chi connectivity index (χ1v) is 6.42. The summed E-state index contributed by atoms with van der Waals surface area (Å²) in [7, 11) is 0. The topological polar surface area (TPSA) is 32.3 Å². The first-order chi connectivity index (χ1) is 6.41. The number of aliphatic hydroxyl groups excluding tert-OH is 1. The summed E-state index contributed by atoms with van der Waals surface area (Å²) in [5, 5.41) is 12.8. The Morgan fingerprint density at radius 1 is 1.36 bits per heavy atom. The molecule has 0 saturated heterocycles. The summed E-state index contributed by atoms with van der Waals surface area (Å²) in [6, 6.07) is 0.520. The number of nitrogens with one attached hydrogen (secondary N) is 1. The zero-order valence-corrected chi connectivity index (χ0v) is 10.9. The highest BCUT2D eigenvalue weighted by Gasteiger charge is 2.23. The smallest absolute Gasteiger partial charge is 0.0547 e. The van der Waals surface area contributed by atoms with Gasteiger partial charge in [0.25, 0.3) is 0 Å². The fourth-order valence-electron chi connectivity index (χ4n) is 1.17. The highest BCUT2D eigenvalue weighted by molar-refractivity contribution is 7.99. The van der Waals surface area contributed by atoms with E-state index >= 15 is 0 Å². The van der Waals surface area contributed by atoms with Crippen molar-refractivity contribution in [3.8, 4) is 0 Å². The fraction of sp³-hybridized carbons (Fsp3) is 1.00. The molecule has 86 valence electrons. The largest absolute Gasteiger partial charge is 0.395 e. The van der Waals surface area contributed by atoms with E-state index in [0.717, 1.165) is 12.3 Å². The van der Waals surface area contributed by atoms with Crippen molar-refractivity contribution in [2.24, 2.45) is 5.41 Å². The van der Waals surface area contributed by atoms with E-state index in [2.05, 4.69) is 39.9 Å². The van der Waals surface area contributed by atoms with Crippen molar-refractivity contribution in [1.82, 2.24) is 5.32 Å². The van der Waals surface area contributed by atoms with Crippen molar-refractivity contribution < 1.29 is 5.11 Å². The number of rotatable bonds is 6. The van der Waals surface area contributed by atoms with Gasteiger partial charge in [0.15, 0.2) is 0 Å². The third-order valence-corrected chi connectivity index (χ3v) is 3.54. The van der Waals surface area contributed by atoms with Crippen LogP contribution in [0.2, 0.25) is 0 Å². The zero-order valence-electron chi connectivity index (χ0n) is 10.1. The van der Waals surface area contributed by atoms with Gasteiger partial charge in [-0.05, 0) is 12.0 Å². The minimum absolute atomic E-state index is 0.271. The van der Waals surface area contributed by atoms with Crippen molar-refractivity contribution in [3.63, 3.8) is 0 Å². The van der Waals surface area contributed by atoms with Crippen LogP contribution in [0.1, 0.15) is 34.6 Å². The standard InChI is InChI=1S/C11H25NOS/c1-6-12-10(11(3,4)5)8-14-9(2)7-13/h9-10,12-13H,6-8H2,1-5H3. The SMILES string of the molecule is CCNC(CSC(C)CO)C(C)(C)C. The van der Waals surface area contributed by atoms with Gasteiger partial charge in [-0.1, -0.05) is 34.6 Å². The molecule has 0 saturated carbocycles. The molecule has 0 bridgehead atoms. The van der Waals surface area contributed by atoms with Gasteiger partial charge in [0.1, 0.15) is 0 Å². The lowest BCUT2D eigenvalue weighted by Gasteiger charge is -2.31. The fourth-order valence-corrected chi connectivity index (χ4v) is 2.42. The molecule has 0 aliphatic carbocycles. The molecule has 0 aromatic carbocycles. The second kappa shape index (κ2) is 6.70. The first kappa shape index (κ1) is 14.3. The van der Waals surface area contributed by atoms with Crippen molar-refractivity contribution in [1.29, 1.82) is 0 Å². The second-order valence-corrected chi connectivity index (χ2v) is 6.27. The predicted octanol–water partition coefficient (Wildman–Crippen LogP) is 2.12. The van der Waals surface area contributed by atoms with Crippen LogP contribution in [-0.4, -0.2) is 35.3 Å². The molecule has 14 heavy (non-hydrogen) atoms. The molecular weight excluding hydrogens is 194 g/mol. The molecule has 0 aromatic heterocycles. The maximum atomic E-state index is 8.94. The van der Waals surface area contributed by atoms with Crippen LogP contribution < -0.4 is 5.32 Å². The Morgan fingerprint density at radius 2 is 1.93 bits per heavy atom. The average Bonchev–Trinajstić information content (AvgIpc) is 2.09. The van der Waals surface area contributed by atoms with Gasteiger partial charge < -0.3 is 10.4 Å². The summed E-state index contributed by atoms with van der Waals surface area (Å²) in [5.41, 5.74) is 0.290. The van der Waals surface area contributed by atoms with Gasteiger partial charge in [0, 0.05) is 17.0 Å². The molecule has 2 unspecified atom stereocenters. The van der Waals surface area contributed by atoms with E-state index in [4.69, 9.17) is 5.11 Å². The Bertz CT molecular complexity index is 145. The number of hydrogen-bond donors (Lipinski definition) is 2. The highest BCUT2D eigenvalue weighted by Crippen LogP contribution is 2.24. The van der Waals surface area contributed by atoms with Gasteiger partial charge in [-0.2, -0.15) is 11.8 Å². The lowest BCUT2D eigenvalue weighted by molar-refractivity contribution is 0.290. The second-order valence-electron chi connectivity index (χ2n) is 4.80. The monoisotopic (exact) mass is 219 g/mol. The zero-order chi connectivity index (χ0) is 11.2. The molecule has 2 atom stereocenters. The molecule has 2 nitrogen and oxygen atoms in total. The molecule has 0 fully saturated rings. The highest BCUT2D eigenvalue weighted by atomic mass is 32.2. The van der Waals surface area contributed by atoms with Crippen molar-refractivity contribution in [2.45, 2.75) is 45.9 Å². The molecule has 0 aromatic rings. The Kier molecular flexibility index (Phi) is 6.83. The molecule has 0 rings (SSSR count). The van der Waals surface area contributed by atoms with E-state index in [1.54, 1.807) is 0 Å². The van der Waals surface area contributed by atoms with Crippen LogP contribution in [-0.2, 0) is 0 Å². The quantitative estimate of drug-likeness (QED) is 0.718. The number of aliphatic hydroxyl groups is 1. The molecule has 0 heterocycles. The van der Waals surface area contributed by atoms with Crippen molar-refractivity contribution in [3.05, 3.63) is 0 Å². The van der Waals surface area contributed by atoms with E-state index < -0.39 is 0 Å². The van der Waals surface area contributed by atoms with Gasteiger partial charge in [-0.15, -0.1) is 0 Å². The number of thioether (sulfide) groups is 1. The van der Waals surface area contributed by atoms with Crippen molar-refractivity contribution in [2.75, 3.05) is 18.9 Å². The van der Waals surface area contributed by atoms with Crippen molar-refractivity contribution >= 4 is 11.8 Å². The summed E-state index contributed by atoms with van der Waals surface area (Å²) < 4.78 is 0. The maximum Gasteiger partial charge on any atom is 0.0547 e. The molecule has 0 aliphatic rings. The third-order valence-electron chi connectivity index (χ3n) is 2.30. The Balaban J connectivity index is 3.98. The molecular formula is C11H25NOS. The molecule has 0 spiro atoms. The van der Waals surface area contributed by atoms with E-state index in [0.29, 0.717) is 11.3 Å². The third kappa shape index (κ3) is 5.89. The molecule has 0 radical (unpaired) electrons. The Hall–Kier alpha value is 0.270. The lowest BCUT2D eigenvalue weighted by atomic mass is 9.88. The summed E-state index contributed by atoms with van der Waals surface area (Å²) in [5.74, 6) is 1.07. The summed E-state index contributed by atoms with van der Waals surface area (Å²) in [4.78, 5) is 0. The van der Waals surface area contributed by atoms with Crippen LogP contribution in [0.25, 0.3) is 0 Å². The molecule has 0 amide bonds. The molecule has 3 heteroatoms. The normalized spacial score (nSPS) is 16.7. The predicted molar refractivity (Wildman–Crippen MR) is 65.9 cm³/mol. The summed E-state index contributed by atoms with van der Waals surface area (Å²) >= 11 is 1.84. The van der Waals surface area contributed by atoms with Gasteiger partial charge in [0.05, 0.1) is 6.61 Å². The van der Waals surface area contributed by atoms with E-state index in [1.165, 1.54) is 0 Å². The maximum absolute atomic E-state index is 8.94. The number of hydrogen-bond acceptors (Lipinski definition) is 3. The summed E-state index contributed by atoms with van der Waals surface area (Å²) in [6.45, 7) is 12.2. The van der Waals surface area contributed by atoms with E-state index in [1.807, 2.05) is 11.8 Å². The Labute approximate surface area is 92.9 Å². The van der Waals surface area contributed by atoms with Crippen LogP contribution in [0.15, 0.2) is 0 Å². The minimum Gasteiger partial charge on any atom is -0.395 e. The van der Waals surface area contributed by atoms with Crippen LogP contribution in [0.4, 0.5) is 0 Å².